The van der Waals surface area contributed by atoms with Crippen molar-refractivity contribution in [3.05, 3.63) is 78.0 Å². The Labute approximate surface area is 191 Å². The molecule has 1 amide bonds. The summed E-state index contributed by atoms with van der Waals surface area (Å²) in [5.74, 6) is 0.749. The van der Waals surface area contributed by atoms with E-state index in [9.17, 15) is 18.0 Å². The molecule has 0 fully saturated rings. The van der Waals surface area contributed by atoms with Crippen molar-refractivity contribution in [2.75, 3.05) is 10.6 Å². The van der Waals surface area contributed by atoms with E-state index in [-0.39, 0.29) is 30.1 Å². The Bertz CT molecular complexity index is 1310. The first-order chi connectivity index (χ1) is 16.3. The molecular weight excluding hydrogens is 451 g/mol. The second-order valence-corrected chi connectivity index (χ2v) is 7.13. The molecule has 0 aliphatic carbocycles. The van der Waals surface area contributed by atoms with Crippen molar-refractivity contribution in [3.63, 3.8) is 0 Å². The Kier molecular flexibility index (Phi) is 6.44. The van der Waals surface area contributed by atoms with Crippen molar-refractivity contribution < 1.29 is 27.1 Å². The summed E-state index contributed by atoms with van der Waals surface area (Å²) >= 11 is 0. The van der Waals surface area contributed by atoms with Gasteiger partial charge in [0.15, 0.2) is 0 Å². The van der Waals surface area contributed by atoms with Crippen molar-refractivity contribution >= 4 is 23.4 Å². The molecule has 4 aromatic rings. The van der Waals surface area contributed by atoms with Crippen LogP contribution in [-0.4, -0.2) is 21.1 Å². The molecule has 0 radical (unpaired) electrons. The molecule has 2 N–H and O–H groups in total. The third-order valence-corrected chi connectivity index (χ3v) is 4.51. The largest absolute Gasteiger partial charge is 0.488 e. The number of hydrogen-bond acceptors (Lipinski definition) is 7. The van der Waals surface area contributed by atoms with Crippen LogP contribution in [0.2, 0.25) is 0 Å². The maximum absolute atomic E-state index is 12.9. The Morgan fingerprint density at radius 2 is 1.88 bits per heavy atom. The first-order valence-electron chi connectivity index (χ1n) is 10.0. The standard InChI is InChI=1S/C23H18F3N5O3/c1-14(32)28-20-11-15(9-10-27-20)13-33-19-8-3-2-7-18(19)21-30-31-22(34-21)29-17-6-4-5-16(12-17)23(24,25)26/h2-12H,13H2,1H3,(H,29,31)(H,27,28,32). The fourth-order valence-electron chi connectivity index (χ4n) is 3.02. The summed E-state index contributed by atoms with van der Waals surface area (Å²) in [6, 6.07) is 15.0. The van der Waals surface area contributed by atoms with Gasteiger partial charge in [-0.15, -0.1) is 5.10 Å². The van der Waals surface area contributed by atoms with E-state index < -0.39 is 11.7 Å². The molecule has 0 saturated carbocycles. The maximum Gasteiger partial charge on any atom is 0.416 e. The van der Waals surface area contributed by atoms with Crippen LogP contribution in [0.5, 0.6) is 5.75 Å². The number of aromatic nitrogens is 3. The van der Waals surface area contributed by atoms with Gasteiger partial charge in [0.2, 0.25) is 5.91 Å². The van der Waals surface area contributed by atoms with E-state index >= 15 is 0 Å². The van der Waals surface area contributed by atoms with Crippen LogP contribution in [0.25, 0.3) is 11.5 Å². The van der Waals surface area contributed by atoms with Crippen LogP contribution in [0.1, 0.15) is 18.1 Å². The number of amides is 1. The van der Waals surface area contributed by atoms with Crippen molar-refractivity contribution in [2.45, 2.75) is 19.7 Å². The van der Waals surface area contributed by atoms with Gasteiger partial charge in [0, 0.05) is 18.8 Å². The lowest BCUT2D eigenvalue weighted by molar-refractivity contribution is -0.137. The van der Waals surface area contributed by atoms with E-state index in [0.29, 0.717) is 17.1 Å². The van der Waals surface area contributed by atoms with Gasteiger partial charge in [0.05, 0.1) is 11.1 Å². The zero-order valence-electron chi connectivity index (χ0n) is 17.8. The second-order valence-electron chi connectivity index (χ2n) is 7.13. The molecule has 0 aliphatic rings. The first kappa shape index (κ1) is 22.8. The van der Waals surface area contributed by atoms with E-state index in [1.54, 1.807) is 42.6 Å². The Morgan fingerprint density at radius 3 is 2.68 bits per heavy atom. The molecule has 0 aliphatic heterocycles. The summed E-state index contributed by atoms with van der Waals surface area (Å²) in [5, 5.41) is 13.1. The molecule has 8 nitrogen and oxygen atoms in total. The molecule has 2 aromatic heterocycles. The minimum absolute atomic E-state index is 0.0711. The van der Waals surface area contributed by atoms with Gasteiger partial charge >= 0.3 is 12.2 Å². The molecule has 4 rings (SSSR count). The second kappa shape index (κ2) is 9.61. The van der Waals surface area contributed by atoms with Gasteiger partial charge in [-0.3, -0.25) is 4.79 Å². The number of hydrogen-bond donors (Lipinski definition) is 2. The van der Waals surface area contributed by atoms with Crippen molar-refractivity contribution in [2.24, 2.45) is 0 Å². The first-order valence-corrected chi connectivity index (χ1v) is 10.0. The number of pyridine rings is 1. The Hall–Kier alpha value is -4.41. The normalized spacial score (nSPS) is 11.2. The third-order valence-electron chi connectivity index (χ3n) is 4.51. The molecule has 11 heteroatoms. The van der Waals surface area contributed by atoms with E-state index in [4.69, 9.17) is 9.15 Å². The highest BCUT2D eigenvalue weighted by Gasteiger charge is 2.30. The van der Waals surface area contributed by atoms with E-state index in [0.717, 1.165) is 17.7 Å². The molecule has 0 atom stereocenters. The monoisotopic (exact) mass is 469 g/mol. The summed E-state index contributed by atoms with van der Waals surface area (Å²) in [4.78, 5) is 15.3. The summed E-state index contributed by atoms with van der Waals surface area (Å²) in [6.07, 6.45) is -2.91. The van der Waals surface area contributed by atoms with Gasteiger partial charge < -0.3 is 19.8 Å². The predicted octanol–water partition coefficient (Wildman–Crippen LogP) is 5.43. The molecule has 0 saturated heterocycles. The van der Waals surface area contributed by atoms with Crippen LogP contribution in [0, 0.1) is 0 Å². The number of halogens is 3. The number of ether oxygens (including phenoxy) is 1. The average Bonchev–Trinajstić information content (AvgIpc) is 3.25. The smallest absolute Gasteiger partial charge is 0.416 e. The number of alkyl halides is 3. The topological polar surface area (TPSA) is 102 Å². The molecule has 2 aromatic carbocycles. The van der Waals surface area contributed by atoms with E-state index in [1.807, 2.05) is 0 Å². The quantitative estimate of drug-likeness (QED) is 0.372. The summed E-state index contributed by atoms with van der Waals surface area (Å²) in [6.45, 7) is 1.57. The molecule has 0 spiro atoms. The number of carbonyl (C=O) groups is 1. The van der Waals surface area contributed by atoms with Crippen LogP contribution < -0.4 is 15.4 Å². The van der Waals surface area contributed by atoms with Gasteiger partial charge in [-0.25, -0.2) is 4.98 Å². The molecule has 0 bridgehead atoms. The van der Waals surface area contributed by atoms with Gasteiger partial charge in [-0.1, -0.05) is 23.3 Å². The van der Waals surface area contributed by atoms with Gasteiger partial charge in [0.25, 0.3) is 5.89 Å². The number of nitrogens with one attached hydrogen (secondary N) is 2. The lowest BCUT2D eigenvalue weighted by atomic mass is 10.2. The SMILES string of the molecule is CC(=O)Nc1cc(COc2ccccc2-c2nnc(Nc3cccc(C(F)(F)F)c3)o2)ccn1. The molecule has 34 heavy (non-hydrogen) atoms. The fraction of sp³-hybridized carbons (Fsp3) is 0.130. The molecule has 0 unspecified atom stereocenters. The van der Waals surface area contributed by atoms with Crippen LogP contribution >= 0.6 is 0 Å². The number of anilines is 3. The number of rotatable bonds is 7. The molecule has 174 valence electrons. The Morgan fingerprint density at radius 1 is 1.06 bits per heavy atom. The predicted molar refractivity (Wildman–Crippen MR) is 117 cm³/mol. The number of carbonyl (C=O) groups excluding carboxylic acids is 1. The average molecular weight is 469 g/mol. The van der Waals surface area contributed by atoms with Crippen LogP contribution in [0.3, 0.4) is 0 Å². The minimum atomic E-state index is -4.47. The Balaban J connectivity index is 1.49. The van der Waals surface area contributed by atoms with E-state index in [1.165, 1.54) is 19.1 Å². The van der Waals surface area contributed by atoms with Crippen LogP contribution in [-0.2, 0) is 17.6 Å². The number of nitrogens with zero attached hydrogens (tertiary/aromatic N) is 3. The maximum atomic E-state index is 12.9. The van der Waals surface area contributed by atoms with Crippen molar-refractivity contribution in [3.8, 4) is 17.2 Å². The zero-order valence-corrected chi connectivity index (χ0v) is 17.8. The van der Waals surface area contributed by atoms with Gasteiger partial charge in [-0.2, -0.15) is 13.2 Å². The fourth-order valence-corrected chi connectivity index (χ4v) is 3.02. The van der Waals surface area contributed by atoms with Crippen molar-refractivity contribution in [1.29, 1.82) is 0 Å². The minimum Gasteiger partial charge on any atom is -0.488 e. The lowest BCUT2D eigenvalue weighted by Gasteiger charge is -2.10. The summed E-state index contributed by atoms with van der Waals surface area (Å²) < 4.78 is 50.3. The molecular formula is C23H18F3N5O3. The third kappa shape index (κ3) is 5.68. The summed E-state index contributed by atoms with van der Waals surface area (Å²) in [7, 11) is 0. The van der Waals surface area contributed by atoms with E-state index in [2.05, 4.69) is 25.8 Å². The molecule has 2 heterocycles. The van der Waals surface area contributed by atoms with Gasteiger partial charge in [-0.05, 0) is 48.0 Å². The number of benzene rings is 2. The highest BCUT2D eigenvalue weighted by molar-refractivity contribution is 5.87. The zero-order chi connectivity index (χ0) is 24.1. The highest BCUT2D eigenvalue weighted by Crippen LogP contribution is 2.33. The van der Waals surface area contributed by atoms with Crippen molar-refractivity contribution in [1.82, 2.24) is 15.2 Å². The highest BCUT2D eigenvalue weighted by atomic mass is 19.4. The van der Waals surface area contributed by atoms with Gasteiger partial charge in [0.1, 0.15) is 18.2 Å². The van der Waals surface area contributed by atoms with Crippen LogP contribution in [0.4, 0.5) is 30.7 Å². The summed E-state index contributed by atoms with van der Waals surface area (Å²) in [5.41, 5.74) is 0.630. The van der Waals surface area contributed by atoms with Crippen LogP contribution in [0.15, 0.2) is 71.3 Å². The number of para-hydroxylation sites is 1. The lowest BCUT2D eigenvalue weighted by Crippen LogP contribution is -2.08.